The van der Waals surface area contributed by atoms with Crippen molar-refractivity contribution in [2.75, 3.05) is 13.2 Å². The first-order valence-electron chi connectivity index (χ1n) is 7.31. The highest BCUT2D eigenvalue weighted by Crippen LogP contribution is 2.16. The fourth-order valence-electron chi connectivity index (χ4n) is 2.08. The first kappa shape index (κ1) is 15.3. The standard InChI is InChI=1S/C18H21NO2/c1-2-13-21-17-9-7-16(8-10-17)18(20)15-5-3-14(4-6-15)11-12-19/h3-10H,2,11-13,19H2,1H3. The number of ether oxygens (including phenoxy) is 1. The molecule has 0 unspecified atom stereocenters. The number of benzene rings is 2. The molecule has 0 bridgehead atoms. The monoisotopic (exact) mass is 283 g/mol. The molecule has 2 aromatic rings. The summed E-state index contributed by atoms with van der Waals surface area (Å²) in [4.78, 5) is 12.4. The highest BCUT2D eigenvalue weighted by atomic mass is 16.5. The third-order valence-corrected chi connectivity index (χ3v) is 3.24. The van der Waals surface area contributed by atoms with E-state index in [1.165, 1.54) is 0 Å². The van der Waals surface area contributed by atoms with Gasteiger partial charge in [-0.05, 0) is 49.2 Å². The van der Waals surface area contributed by atoms with Gasteiger partial charge in [0, 0.05) is 11.1 Å². The number of hydrogen-bond acceptors (Lipinski definition) is 3. The van der Waals surface area contributed by atoms with Gasteiger partial charge in [0.25, 0.3) is 0 Å². The van der Waals surface area contributed by atoms with E-state index in [0.29, 0.717) is 24.3 Å². The van der Waals surface area contributed by atoms with Crippen molar-refractivity contribution in [3.8, 4) is 5.75 Å². The molecule has 0 radical (unpaired) electrons. The summed E-state index contributed by atoms with van der Waals surface area (Å²) in [6.07, 6.45) is 1.80. The molecule has 0 aromatic heterocycles. The predicted molar refractivity (Wildman–Crippen MR) is 84.9 cm³/mol. The van der Waals surface area contributed by atoms with Gasteiger partial charge in [0.15, 0.2) is 5.78 Å². The number of ketones is 1. The molecule has 0 aliphatic rings. The van der Waals surface area contributed by atoms with Crippen LogP contribution in [-0.4, -0.2) is 18.9 Å². The lowest BCUT2D eigenvalue weighted by molar-refractivity contribution is 0.103. The van der Waals surface area contributed by atoms with Crippen LogP contribution in [0.15, 0.2) is 48.5 Å². The van der Waals surface area contributed by atoms with Gasteiger partial charge >= 0.3 is 0 Å². The van der Waals surface area contributed by atoms with Crippen LogP contribution in [0.4, 0.5) is 0 Å². The topological polar surface area (TPSA) is 52.3 Å². The average molecular weight is 283 g/mol. The third-order valence-electron chi connectivity index (χ3n) is 3.24. The van der Waals surface area contributed by atoms with E-state index < -0.39 is 0 Å². The maximum Gasteiger partial charge on any atom is 0.193 e. The Morgan fingerprint density at radius 2 is 1.57 bits per heavy atom. The summed E-state index contributed by atoms with van der Waals surface area (Å²) in [6, 6.07) is 14.9. The van der Waals surface area contributed by atoms with Gasteiger partial charge < -0.3 is 10.5 Å². The van der Waals surface area contributed by atoms with Gasteiger partial charge in [-0.1, -0.05) is 31.2 Å². The van der Waals surface area contributed by atoms with E-state index in [0.717, 1.165) is 24.2 Å². The zero-order valence-electron chi connectivity index (χ0n) is 12.3. The maximum absolute atomic E-state index is 12.4. The van der Waals surface area contributed by atoms with Crippen molar-refractivity contribution < 1.29 is 9.53 Å². The lowest BCUT2D eigenvalue weighted by atomic mass is 10.0. The van der Waals surface area contributed by atoms with Crippen molar-refractivity contribution in [2.24, 2.45) is 5.73 Å². The van der Waals surface area contributed by atoms with Crippen molar-refractivity contribution in [3.63, 3.8) is 0 Å². The van der Waals surface area contributed by atoms with Gasteiger partial charge in [-0.15, -0.1) is 0 Å². The van der Waals surface area contributed by atoms with E-state index in [4.69, 9.17) is 10.5 Å². The van der Waals surface area contributed by atoms with E-state index in [1.54, 1.807) is 12.1 Å². The third kappa shape index (κ3) is 4.17. The molecule has 3 heteroatoms. The Kier molecular flexibility index (Phi) is 5.52. The minimum Gasteiger partial charge on any atom is -0.494 e. The summed E-state index contributed by atoms with van der Waals surface area (Å²) in [6.45, 7) is 3.37. The molecule has 0 atom stereocenters. The Balaban J connectivity index is 2.08. The Morgan fingerprint density at radius 3 is 2.10 bits per heavy atom. The summed E-state index contributed by atoms with van der Waals surface area (Å²) >= 11 is 0. The lowest BCUT2D eigenvalue weighted by Crippen LogP contribution is -2.04. The van der Waals surface area contributed by atoms with Gasteiger partial charge in [0.1, 0.15) is 5.75 Å². The summed E-state index contributed by atoms with van der Waals surface area (Å²) in [7, 11) is 0. The molecule has 2 N–H and O–H groups in total. The van der Waals surface area contributed by atoms with Crippen molar-refractivity contribution in [3.05, 3.63) is 65.2 Å². The van der Waals surface area contributed by atoms with Crippen molar-refractivity contribution in [1.29, 1.82) is 0 Å². The fraction of sp³-hybridized carbons (Fsp3) is 0.278. The number of carbonyl (C=O) groups excluding carboxylic acids is 1. The molecule has 2 aromatic carbocycles. The second-order valence-corrected chi connectivity index (χ2v) is 4.94. The summed E-state index contributed by atoms with van der Waals surface area (Å²) in [5, 5.41) is 0. The molecule has 3 nitrogen and oxygen atoms in total. The molecule has 0 saturated heterocycles. The Labute approximate surface area is 125 Å². The molecular formula is C18H21NO2. The molecule has 0 heterocycles. The molecule has 0 aliphatic carbocycles. The lowest BCUT2D eigenvalue weighted by Gasteiger charge is -2.06. The number of carbonyl (C=O) groups is 1. The van der Waals surface area contributed by atoms with Gasteiger partial charge in [0.2, 0.25) is 0 Å². The summed E-state index contributed by atoms with van der Waals surface area (Å²) in [5.74, 6) is 0.822. The van der Waals surface area contributed by atoms with Crippen LogP contribution in [0, 0.1) is 0 Å². The second-order valence-electron chi connectivity index (χ2n) is 4.94. The van der Waals surface area contributed by atoms with Crippen LogP contribution < -0.4 is 10.5 Å². The van der Waals surface area contributed by atoms with Crippen molar-refractivity contribution in [1.82, 2.24) is 0 Å². The van der Waals surface area contributed by atoms with Crippen LogP contribution in [0.2, 0.25) is 0 Å². The van der Waals surface area contributed by atoms with Crippen molar-refractivity contribution in [2.45, 2.75) is 19.8 Å². The van der Waals surface area contributed by atoms with E-state index in [9.17, 15) is 4.79 Å². The van der Waals surface area contributed by atoms with Crippen LogP contribution in [0.3, 0.4) is 0 Å². The minimum absolute atomic E-state index is 0.0244. The van der Waals surface area contributed by atoms with Crippen LogP contribution in [0.5, 0.6) is 5.75 Å². The summed E-state index contributed by atoms with van der Waals surface area (Å²) < 4.78 is 5.52. The number of hydrogen-bond donors (Lipinski definition) is 1. The number of nitrogens with two attached hydrogens (primary N) is 1. The molecule has 0 fully saturated rings. The van der Waals surface area contributed by atoms with E-state index in [2.05, 4.69) is 6.92 Å². The maximum atomic E-state index is 12.4. The zero-order chi connectivity index (χ0) is 15.1. The van der Waals surface area contributed by atoms with Gasteiger partial charge in [-0.2, -0.15) is 0 Å². The van der Waals surface area contributed by atoms with E-state index in [-0.39, 0.29) is 5.78 Å². The quantitative estimate of drug-likeness (QED) is 0.794. The van der Waals surface area contributed by atoms with E-state index in [1.807, 2.05) is 36.4 Å². The Bertz CT molecular complexity index is 573. The minimum atomic E-state index is 0.0244. The fourth-order valence-corrected chi connectivity index (χ4v) is 2.08. The molecular weight excluding hydrogens is 262 g/mol. The smallest absolute Gasteiger partial charge is 0.193 e. The van der Waals surface area contributed by atoms with E-state index >= 15 is 0 Å². The zero-order valence-corrected chi connectivity index (χ0v) is 12.3. The molecule has 21 heavy (non-hydrogen) atoms. The molecule has 110 valence electrons. The average Bonchev–Trinajstić information content (AvgIpc) is 2.54. The van der Waals surface area contributed by atoms with Crippen LogP contribution in [0.25, 0.3) is 0 Å². The van der Waals surface area contributed by atoms with Crippen LogP contribution in [0.1, 0.15) is 34.8 Å². The second kappa shape index (κ2) is 7.60. The largest absolute Gasteiger partial charge is 0.494 e. The SMILES string of the molecule is CCCOc1ccc(C(=O)c2ccc(CCN)cc2)cc1. The van der Waals surface area contributed by atoms with Crippen molar-refractivity contribution >= 4 is 5.78 Å². The van der Waals surface area contributed by atoms with Crippen LogP contribution >= 0.6 is 0 Å². The van der Waals surface area contributed by atoms with Gasteiger partial charge in [-0.25, -0.2) is 0 Å². The predicted octanol–water partition coefficient (Wildman–Crippen LogP) is 3.21. The summed E-state index contributed by atoms with van der Waals surface area (Å²) in [5.41, 5.74) is 8.03. The molecule has 0 spiro atoms. The van der Waals surface area contributed by atoms with Crippen LogP contribution in [-0.2, 0) is 6.42 Å². The normalized spacial score (nSPS) is 10.4. The highest BCUT2D eigenvalue weighted by molar-refractivity contribution is 6.09. The number of rotatable bonds is 7. The molecule has 2 rings (SSSR count). The highest BCUT2D eigenvalue weighted by Gasteiger charge is 2.09. The van der Waals surface area contributed by atoms with Gasteiger partial charge in [0.05, 0.1) is 6.61 Å². The molecule has 0 amide bonds. The Morgan fingerprint density at radius 1 is 1.00 bits per heavy atom. The first-order valence-corrected chi connectivity index (χ1v) is 7.31. The molecule has 0 aliphatic heterocycles. The molecule has 0 saturated carbocycles. The first-order chi connectivity index (χ1) is 10.2. The Hall–Kier alpha value is -2.13. The van der Waals surface area contributed by atoms with Gasteiger partial charge in [-0.3, -0.25) is 4.79 Å².